The summed E-state index contributed by atoms with van der Waals surface area (Å²) in [7, 11) is 5.20. The zero-order valence-electron chi connectivity index (χ0n) is 18.4. The third-order valence-corrected chi connectivity index (χ3v) is 5.80. The van der Waals surface area contributed by atoms with E-state index in [4.69, 9.17) is 9.47 Å². The van der Waals surface area contributed by atoms with Gasteiger partial charge in [0, 0.05) is 45.5 Å². The normalized spacial score (nSPS) is 15.4. The number of guanidine groups is 1. The predicted molar refractivity (Wildman–Crippen MR) is 137 cm³/mol. The van der Waals surface area contributed by atoms with Gasteiger partial charge in [0.25, 0.3) is 0 Å². The Hall–Kier alpha value is -2.42. The molecule has 0 fully saturated rings. The summed E-state index contributed by atoms with van der Waals surface area (Å²) >= 11 is 0. The first kappa shape index (κ1) is 23.2. The van der Waals surface area contributed by atoms with Gasteiger partial charge in [0.2, 0.25) is 0 Å². The van der Waals surface area contributed by atoms with E-state index in [0.29, 0.717) is 0 Å². The Balaban J connectivity index is 0.00000272. The Kier molecular flexibility index (Phi) is 8.06. The van der Waals surface area contributed by atoms with Gasteiger partial charge >= 0.3 is 0 Å². The Bertz CT molecular complexity index is 935. The predicted octanol–water partition coefficient (Wildman–Crippen LogP) is 3.83. The SMILES string of the molecule is CN=C(NCc1ccc(N2CC=CC2)cc1)N1CCc2cc(OC)c(OC)cc2C1.I. The van der Waals surface area contributed by atoms with Crippen LogP contribution < -0.4 is 19.7 Å². The second-order valence-electron chi connectivity index (χ2n) is 7.59. The highest BCUT2D eigenvalue weighted by Crippen LogP contribution is 2.33. The fourth-order valence-electron chi connectivity index (χ4n) is 4.09. The van der Waals surface area contributed by atoms with E-state index in [1.807, 2.05) is 7.05 Å². The average Bonchev–Trinajstić information content (AvgIpc) is 3.34. The van der Waals surface area contributed by atoms with E-state index in [9.17, 15) is 0 Å². The maximum Gasteiger partial charge on any atom is 0.194 e. The maximum absolute atomic E-state index is 5.48. The van der Waals surface area contributed by atoms with Crippen LogP contribution in [0.15, 0.2) is 53.5 Å². The second-order valence-corrected chi connectivity index (χ2v) is 7.59. The molecule has 2 aliphatic rings. The molecule has 7 heteroatoms. The molecule has 0 saturated carbocycles. The minimum atomic E-state index is 0. The number of hydrogen-bond acceptors (Lipinski definition) is 4. The molecule has 2 aromatic rings. The molecule has 6 nitrogen and oxygen atoms in total. The van der Waals surface area contributed by atoms with Crippen molar-refractivity contribution in [2.75, 3.05) is 45.8 Å². The molecule has 0 aliphatic carbocycles. The monoisotopic (exact) mass is 534 g/mol. The fourth-order valence-corrected chi connectivity index (χ4v) is 4.09. The van der Waals surface area contributed by atoms with E-state index in [-0.39, 0.29) is 24.0 Å². The van der Waals surface area contributed by atoms with Gasteiger partial charge < -0.3 is 24.6 Å². The van der Waals surface area contributed by atoms with Gasteiger partial charge in [0.05, 0.1) is 14.2 Å². The highest BCUT2D eigenvalue weighted by Gasteiger charge is 2.21. The topological polar surface area (TPSA) is 49.3 Å². The molecule has 0 bridgehead atoms. The van der Waals surface area contributed by atoms with Crippen molar-refractivity contribution >= 4 is 35.6 Å². The van der Waals surface area contributed by atoms with E-state index in [0.717, 1.165) is 56.6 Å². The number of aliphatic imine (C=N–C) groups is 1. The van der Waals surface area contributed by atoms with Crippen LogP contribution in [-0.2, 0) is 19.5 Å². The highest BCUT2D eigenvalue weighted by molar-refractivity contribution is 14.0. The molecule has 2 aromatic carbocycles. The number of methoxy groups -OCH3 is 2. The number of ether oxygens (including phenoxy) is 2. The summed E-state index contributed by atoms with van der Waals surface area (Å²) in [6.07, 6.45) is 5.37. The molecule has 0 amide bonds. The lowest BCUT2D eigenvalue weighted by atomic mass is 9.99. The first-order valence-electron chi connectivity index (χ1n) is 10.4. The van der Waals surface area contributed by atoms with Gasteiger partial charge in [0.1, 0.15) is 0 Å². The quantitative estimate of drug-likeness (QED) is 0.274. The van der Waals surface area contributed by atoms with Crippen LogP contribution in [0.25, 0.3) is 0 Å². The van der Waals surface area contributed by atoms with Crippen molar-refractivity contribution in [3.8, 4) is 11.5 Å². The molecule has 0 atom stereocenters. The summed E-state index contributed by atoms with van der Waals surface area (Å²) in [6, 6.07) is 13.0. The molecule has 2 heterocycles. The van der Waals surface area contributed by atoms with Gasteiger partial charge in [-0.2, -0.15) is 0 Å². The summed E-state index contributed by atoms with van der Waals surface area (Å²) in [5, 5.41) is 3.52. The Morgan fingerprint density at radius 2 is 1.65 bits per heavy atom. The van der Waals surface area contributed by atoms with Crippen molar-refractivity contribution in [2.45, 2.75) is 19.5 Å². The van der Waals surface area contributed by atoms with Crippen molar-refractivity contribution in [3.05, 3.63) is 65.2 Å². The maximum atomic E-state index is 5.48. The minimum Gasteiger partial charge on any atom is -0.493 e. The van der Waals surface area contributed by atoms with Crippen molar-refractivity contribution < 1.29 is 9.47 Å². The number of nitrogens with one attached hydrogen (secondary N) is 1. The van der Waals surface area contributed by atoms with Gasteiger partial charge in [-0.3, -0.25) is 4.99 Å². The summed E-state index contributed by atoms with van der Waals surface area (Å²) in [4.78, 5) is 9.16. The van der Waals surface area contributed by atoms with Crippen LogP contribution >= 0.6 is 24.0 Å². The zero-order valence-corrected chi connectivity index (χ0v) is 20.8. The molecule has 166 valence electrons. The number of benzene rings is 2. The Morgan fingerprint density at radius 1 is 1.00 bits per heavy atom. The number of rotatable bonds is 5. The second kappa shape index (κ2) is 10.7. The number of hydrogen-bond donors (Lipinski definition) is 1. The molecular weight excluding hydrogens is 503 g/mol. The molecular formula is C24H31IN4O2. The first-order chi connectivity index (χ1) is 14.7. The van der Waals surface area contributed by atoms with Crippen LogP contribution in [0.1, 0.15) is 16.7 Å². The van der Waals surface area contributed by atoms with Crippen LogP contribution in [0.4, 0.5) is 5.69 Å². The summed E-state index contributed by atoms with van der Waals surface area (Å²) < 4.78 is 10.9. The van der Waals surface area contributed by atoms with Crippen molar-refractivity contribution in [2.24, 2.45) is 4.99 Å². The van der Waals surface area contributed by atoms with Crippen LogP contribution in [0.5, 0.6) is 11.5 Å². The number of nitrogens with zero attached hydrogens (tertiary/aromatic N) is 3. The van der Waals surface area contributed by atoms with E-state index in [1.54, 1.807) is 14.2 Å². The molecule has 1 N–H and O–H groups in total. The van der Waals surface area contributed by atoms with E-state index < -0.39 is 0 Å². The van der Waals surface area contributed by atoms with Gasteiger partial charge in [-0.25, -0.2) is 0 Å². The average molecular weight is 534 g/mol. The van der Waals surface area contributed by atoms with Crippen LogP contribution in [0.2, 0.25) is 0 Å². The smallest absolute Gasteiger partial charge is 0.194 e. The minimum absolute atomic E-state index is 0. The molecule has 0 aromatic heterocycles. The molecule has 2 aliphatic heterocycles. The van der Waals surface area contributed by atoms with Crippen LogP contribution in [0.3, 0.4) is 0 Å². The summed E-state index contributed by atoms with van der Waals surface area (Å²) in [6.45, 7) is 4.47. The number of fused-ring (bicyclic) bond motifs is 1. The van der Waals surface area contributed by atoms with Crippen molar-refractivity contribution in [1.82, 2.24) is 10.2 Å². The Labute approximate surface area is 202 Å². The lowest BCUT2D eigenvalue weighted by Crippen LogP contribution is -2.43. The lowest BCUT2D eigenvalue weighted by Gasteiger charge is -2.32. The van der Waals surface area contributed by atoms with Gasteiger partial charge in [-0.15, -0.1) is 24.0 Å². The molecule has 0 radical (unpaired) electrons. The lowest BCUT2D eigenvalue weighted by molar-refractivity contribution is 0.346. The van der Waals surface area contributed by atoms with E-state index >= 15 is 0 Å². The van der Waals surface area contributed by atoms with Crippen LogP contribution in [0, 0.1) is 0 Å². The zero-order chi connectivity index (χ0) is 20.9. The molecule has 4 rings (SSSR count). The molecule has 0 unspecified atom stereocenters. The van der Waals surface area contributed by atoms with Gasteiger partial charge in [-0.1, -0.05) is 24.3 Å². The van der Waals surface area contributed by atoms with Crippen LogP contribution in [-0.4, -0.2) is 51.8 Å². The van der Waals surface area contributed by atoms with Crippen molar-refractivity contribution in [1.29, 1.82) is 0 Å². The third kappa shape index (κ3) is 5.26. The number of halogens is 1. The van der Waals surface area contributed by atoms with Gasteiger partial charge in [0.15, 0.2) is 17.5 Å². The number of anilines is 1. The van der Waals surface area contributed by atoms with E-state index in [2.05, 4.69) is 68.7 Å². The van der Waals surface area contributed by atoms with Crippen molar-refractivity contribution in [3.63, 3.8) is 0 Å². The highest BCUT2D eigenvalue weighted by atomic mass is 127. The molecule has 31 heavy (non-hydrogen) atoms. The molecule has 0 spiro atoms. The Morgan fingerprint density at radius 3 is 2.26 bits per heavy atom. The summed E-state index contributed by atoms with van der Waals surface area (Å²) in [5.41, 5.74) is 5.08. The first-order valence-corrected chi connectivity index (χ1v) is 10.4. The fraction of sp³-hybridized carbons (Fsp3) is 0.375. The third-order valence-electron chi connectivity index (χ3n) is 5.80. The standard InChI is InChI=1S/C24H30N4O2.HI/c1-25-24(26-16-18-6-8-21(9-7-18)27-11-4-5-12-27)28-13-10-19-14-22(29-2)23(30-3)15-20(19)17-28;/h4-9,14-15H,10-13,16-17H2,1-3H3,(H,25,26);1H. The molecule has 0 saturated heterocycles. The van der Waals surface area contributed by atoms with E-state index in [1.165, 1.54) is 22.4 Å². The summed E-state index contributed by atoms with van der Waals surface area (Å²) in [5.74, 6) is 2.48. The van der Waals surface area contributed by atoms with Gasteiger partial charge in [-0.05, 0) is 47.4 Å². The largest absolute Gasteiger partial charge is 0.493 e.